The van der Waals surface area contributed by atoms with Crippen LogP contribution in [-0.2, 0) is 11.8 Å². The third-order valence-electron chi connectivity index (χ3n) is 4.45. The molecule has 0 aliphatic heterocycles. The molecule has 136 valence electrons. The smallest absolute Gasteiger partial charge is 0.245 e. The van der Waals surface area contributed by atoms with E-state index in [1.165, 1.54) is 70.6 Å². The van der Waals surface area contributed by atoms with Crippen LogP contribution in [0.25, 0.3) is 0 Å². The van der Waals surface area contributed by atoms with Gasteiger partial charge in [0.2, 0.25) is 12.6 Å². The summed E-state index contributed by atoms with van der Waals surface area (Å²) in [5.41, 5.74) is 0. The summed E-state index contributed by atoms with van der Waals surface area (Å²) < 4.78 is 9.82. The van der Waals surface area contributed by atoms with Crippen molar-refractivity contribution in [3.05, 3.63) is 18.7 Å². The average molecular weight is 345 g/mol. The van der Waals surface area contributed by atoms with Gasteiger partial charge in [0.05, 0.1) is 7.05 Å². The summed E-state index contributed by atoms with van der Waals surface area (Å²) in [5.74, 6) is 0. The molecule has 1 aromatic rings. The van der Waals surface area contributed by atoms with E-state index in [9.17, 15) is 0 Å². The second-order valence-electron chi connectivity index (χ2n) is 6.54. The minimum absolute atomic E-state index is 0. The molecule has 1 rings (SSSR count). The van der Waals surface area contributed by atoms with Crippen molar-refractivity contribution in [3.63, 3.8) is 0 Å². The highest BCUT2D eigenvalue weighted by Gasteiger charge is 2.14. The highest BCUT2D eigenvalue weighted by atomic mass is 35.5. The molecule has 0 saturated heterocycles. The van der Waals surface area contributed by atoms with Crippen LogP contribution in [0.15, 0.2) is 18.7 Å². The number of ether oxygens (including phenoxy) is 1. The Morgan fingerprint density at radius 3 is 1.87 bits per heavy atom. The zero-order valence-electron chi connectivity index (χ0n) is 15.5. The Bertz CT molecular complexity index is 368. The molecule has 0 spiro atoms. The van der Waals surface area contributed by atoms with E-state index in [1.807, 2.05) is 14.2 Å². The van der Waals surface area contributed by atoms with E-state index < -0.39 is 0 Å². The number of hydrogen-bond acceptors (Lipinski definition) is 1. The minimum Gasteiger partial charge on any atom is -1.00 e. The number of imidazole rings is 1. The maximum atomic E-state index is 5.59. The van der Waals surface area contributed by atoms with Crippen LogP contribution in [0.4, 0.5) is 0 Å². The average Bonchev–Trinajstić information content (AvgIpc) is 2.95. The Morgan fingerprint density at radius 2 is 1.43 bits per heavy atom. The number of methoxy groups -OCH3 is 1. The molecule has 3 nitrogen and oxygen atoms in total. The maximum absolute atomic E-state index is 5.59. The van der Waals surface area contributed by atoms with Gasteiger partial charge in [-0.05, 0) is 6.42 Å². The zero-order chi connectivity index (χ0) is 16.0. The first-order chi connectivity index (χ1) is 10.8. The van der Waals surface area contributed by atoms with Crippen molar-refractivity contribution in [2.24, 2.45) is 7.05 Å². The van der Waals surface area contributed by atoms with Crippen LogP contribution in [-0.4, -0.2) is 11.7 Å². The third kappa shape index (κ3) is 10.8. The van der Waals surface area contributed by atoms with Gasteiger partial charge in [0.15, 0.2) is 0 Å². The van der Waals surface area contributed by atoms with E-state index in [0.717, 1.165) is 6.42 Å². The minimum atomic E-state index is 0. The largest absolute Gasteiger partial charge is 1.00 e. The summed E-state index contributed by atoms with van der Waals surface area (Å²) in [4.78, 5) is 0. The molecule has 0 aliphatic rings. The molecule has 0 aromatic carbocycles. The van der Waals surface area contributed by atoms with Gasteiger partial charge in [-0.15, -0.1) is 0 Å². The van der Waals surface area contributed by atoms with Crippen molar-refractivity contribution in [2.45, 2.75) is 90.2 Å². The SMILES string of the molecule is CCCCCCCCCCCCCC(OC)n1cc[n+](C)c1.[Cl-]. The predicted octanol–water partition coefficient (Wildman–Crippen LogP) is 2.16. The fourth-order valence-corrected chi connectivity index (χ4v) is 3.01. The van der Waals surface area contributed by atoms with Gasteiger partial charge in [0.1, 0.15) is 12.4 Å². The highest BCUT2D eigenvalue weighted by molar-refractivity contribution is 4.70. The highest BCUT2D eigenvalue weighted by Crippen LogP contribution is 2.17. The molecular weight excluding hydrogens is 308 g/mol. The number of halogens is 1. The lowest BCUT2D eigenvalue weighted by molar-refractivity contribution is -0.671. The summed E-state index contributed by atoms with van der Waals surface area (Å²) in [7, 11) is 3.86. The molecule has 1 aromatic heterocycles. The summed E-state index contributed by atoms with van der Waals surface area (Å²) in [6.07, 6.45) is 22.9. The second-order valence-corrected chi connectivity index (χ2v) is 6.54. The van der Waals surface area contributed by atoms with E-state index in [4.69, 9.17) is 4.74 Å². The Hall–Kier alpha value is -0.540. The zero-order valence-corrected chi connectivity index (χ0v) is 16.2. The number of aryl methyl sites for hydroxylation is 1. The third-order valence-corrected chi connectivity index (χ3v) is 4.45. The van der Waals surface area contributed by atoms with Gasteiger partial charge in [0.25, 0.3) is 0 Å². The summed E-state index contributed by atoms with van der Waals surface area (Å²) >= 11 is 0. The van der Waals surface area contributed by atoms with Crippen LogP contribution in [0.3, 0.4) is 0 Å². The number of aromatic nitrogens is 2. The van der Waals surface area contributed by atoms with E-state index in [1.54, 1.807) is 0 Å². The monoisotopic (exact) mass is 344 g/mol. The van der Waals surface area contributed by atoms with Crippen molar-refractivity contribution in [1.82, 2.24) is 4.57 Å². The van der Waals surface area contributed by atoms with Crippen LogP contribution in [0.2, 0.25) is 0 Å². The molecule has 23 heavy (non-hydrogen) atoms. The van der Waals surface area contributed by atoms with Gasteiger partial charge in [-0.3, -0.25) is 0 Å². The fourth-order valence-electron chi connectivity index (χ4n) is 3.01. The van der Waals surface area contributed by atoms with Crippen molar-refractivity contribution >= 4 is 0 Å². The topological polar surface area (TPSA) is 18.0 Å². The lowest BCUT2D eigenvalue weighted by Crippen LogP contribution is -3.00. The first kappa shape index (κ1) is 22.5. The summed E-state index contributed by atoms with van der Waals surface area (Å²) in [6, 6.07) is 0. The molecule has 0 amide bonds. The summed E-state index contributed by atoms with van der Waals surface area (Å²) in [6.45, 7) is 2.28. The van der Waals surface area contributed by atoms with Gasteiger partial charge in [-0.1, -0.05) is 71.1 Å². The van der Waals surface area contributed by atoms with Crippen LogP contribution in [0.5, 0.6) is 0 Å². The second kappa shape index (κ2) is 15.0. The van der Waals surface area contributed by atoms with Crippen molar-refractivity contribution in [2.75, 3.05) is 7.11 Å². The predicted molar refractivity (Wildman–Crippen MR) is 92.7 cm³/mol. The Balaban J connectivity index is 0.00000484. The normalized spacial score (nSPS) is 12.1. The van der Waals surface area contributed by atoms with Gasteiger partial charge in [-0.2, -0.15) is 0 Å². The van der Waals surface area contributed by atoms with Crippen LogP contribution < -0.4 is 17.0 Å². The number of rotatable bonds is 14. The molecule has 0 radical (unpaired) electrons. The molecule has 1 unspecified atom stereocenters. The molecule has 1 heterocycles. The molecule has 4 heteroatoms. The van der Waals surface area contributed by atoms with Crippen molar-refractivity contribution in [3.8, 4) is 0 Å². The number of hydrogen-bond donors (Lipinski definition) is 0. The van der Waals surface area contributed by atoms with Gasteiger partial charge >= 0.3 is 0 Å². The Labute approximate surface area is 149 Å². The lowest BCUT2D eigenvalue weighted by Gasteiger charge is -2.11. The van der Waals surface area contributed by atoms with Gasteiger partial charge in [0, 0.05) is 13.5 Å². The van der Waals surface area contributed by atoms with E-state index in [0.29, 0.717) is 0 Å². The van der Waals surface area contributed by atoms with Gasteiger partial charge in [-0.25, -0.2) is 9.13 Å². The number of nitrogens with zero attached hydrogens (tertiary/aromatic N) is 2. The fraction of sp³-hybridized carbons (Fsp3) is 0.842. The molecule has 0 fully saturated rings. The van der Waals surface area contributed by atoms with Crippen LogP contribution >= 0.6 is 0 Å². The molecule has 0 aliphatic carbocycles. The van der Waals surface area contributed by atoms with E-state index in [2.05, 4.69) is 34.8 Å². The van der Waals surface area contributed by atoms with Crippen molar-refractivity contribution in [1.29, 1.82) is 0 Å². The molecular formula is C19H37ClN2O. The van der Waals surface area contributed by atoms with Crippen LogP contribution in [0, 0.1) is 0 Å². The van der Waals surface area contributed by atoms with Crippen molar-refractivity contribution < 1.29 is 21.7 Å². The quantitative estimate of drug-likeness (QED) is 0.373. The van der Waals surface area contributed by atoms with E-state index >= 15 is 0 Å². The van der Waals surface area contributed by atoms with E-state index in [-0.39, 0.29) is 18.6 Å². The molecule has 0 bridgehead atoms. The Kier molecular flexibility index (Phi) is 14.7. The lowest BCUT2D eigenvalue weighted by atomic mass is 10.1. The molecule has 0 N–H and O–H groups in total. The first-order valence-electron chi connectivity index (χ1n) is 9.33. The summed E-state index contributed by atoms with van der Waals surface area (Å²) in [5, 5.41) is 0. The Morgan fingerprint density at radius 1 is 0.913 bits per heavy atom. The van der Waals surface area contributed by atoms with Crippen LogP contribution in [0.1, 0.15) is 90.2 Å². The molecule has 1 atom stereocenters. The standard InChI is InChI=1S/C19H37N2O.ClH/c1-4-5-6-7-8-9-10-11-12-13-14-15-19(22-3)21-17-16-20(2)18-21;/h16-19H,4-15H2,1-3H3;1H/q+1;/p-1. The molecule has 0 saturated carbocycles. The number of unbranched alkanes of at least 4 members (excludes halogenated alkanes) is 10. The van der Waals surface area contributed by atoms with Gasteiger partial charge < -0.3 is 17.1 Å². The maximum Gasteiger partial charge on any atom is 0.245 e. The first-order valence-corrected chi connectivity index (χ1v) is 9.33.